The smallest absolute Gasteiger partial charge is 0.225 e. The van der Waals surface area contributed by atoms with E-state index >= 15 is 0 Å². The Kier molecular flexibility index (Phi) is 5.75. The lowest BCUT2D eigenvalue weighted by Crippen LogP contribution is -2.12. The summed E-state index contributed by atoms with van der Waals surface area (Å²) in [5, 5.41) is 2.80. The van der Waals surface area contributed by atoms with Gasteiger partial charge in [-0.2, -0.15) is 11.8 Å². The molecule has 0 saturated carbocycles. The fourth-order valence-corrected chi connectivity index (χ4v) is 2.62. The van der Waals surface area contributed by atoms with Crippen molar-refractivity contribution in [3.63, 3.8) is 0 Å². The molecule has 1 amide bonds. The Labute approximate surface area is 126 Å². The maximum absolute atomic E-state index is 13.0. The van der Waals surface area contributed by atoms with E-state index in [2.05, 4.69) is 5.32 Å². The van der Waals surface area contributed by atoms with Crippen molar-refractivity contribution in [3.05, 3.63) is 65.7 Å². The van der Waals surface area contributed by atoms with Gasteiger partial charge >= 0.3 is 0 Å². The van der Waals surface area contributed by atoms with Crippen LogP contribution in [-0.2, 0) is 10.5 Å². The number of hydrogen-bond acceptors (Lipinski definition) is 2. The summed E-state index contributed by atoms with van der Waals surface area (Å²) in [6.07, 6.45) is 0.378. The molecule has 0 atom stereocenters. The second kappa shape index (κ2) is 7.78. The number of benzene rings is 2. The predicted molar refractivity (Wildman–Crippen MR) is 82.2 cm³/mol. The van der Waals surface area contributed by atoms with Crippen LogP contribution >= 0.6 is 11.8 Å². The molecule has 0 bridgehead atoms. The average Bonchev–Trinajstić information content (AvgIpc) is 2.48. The van der Waals surface area contributed by atoms with Crippen LogP contribution in [0, 0.1) is 11.6 Å². The largest absolute Gasteiger partial charge is 0.326 e. The Morgan fingerprint density at radius 2 is 1.81 bits per heavy atom. The summed E-state index contributed by atoms with van der Waals surface area (Å²) in [7, 11) is 0. The third kappa shape index (κ3) is 5.19. The van der Waals surface area contributed by atoms with Crippen LogP contribution in [0.4, 0.5) is 14.5 Å². The zero-order valence-corrected chi connectivity index (χ0v) is 12.1. The van der Waals surface area contributed by atoms with Crippen LogP contribution in [0.2, 0.25) is 0 Å². The highest BCUT2D eigenvalue weighted by Gasteiger charge is 2.04. The van der Waals surface area contributed by atoms with E-state index in [-0.39, 0.29) is 5.91 Å². The third-order valence-electron chi connectivity index (χ3n) is 2.78. The fourth-order valence-electron chi connectivity index (χ4n) is 1.73. The van der Waals surface area contributed by atoms with Gasteiger partial charge in [0.25, 0.3) is 0 Å². The molecule has 110 valence electrons. The number of thioether (sulfide) groups is 1. The van der Waals surface area contributed by atoms with Crippen LogP contribution in [0.25, 0.3) is 0 Å². The van der Waals surface area contributed by atoms with Gasteiger partial charge in [0, 0.05) is 23.6 Å². The average molecular weight is 307 g/mol. The Morgan fingerprint density at radius 3 is 2.52 bits per heavy atom. The molecule has 0 aliphatic rings. The number of halogens is 2. The summed E-state index contributed by atoms with van der Waals surface area (Å²) in [4.78, 5) is 11.7. The van der Waals surface area contributed by atoms with Crippen LogP contribution in [0.5, 0.6) is 0 Å². The molecule has 2 aromatic rings. The molecular weight excluding hydrogens is 292 g/mol. The van der Waals surface area contributed by atoms with Crippen molar-refractivity contribution in [1.82, 2.24) is 0 Å². The standard InChI is InChI=1S/C16H15F2NOS/c17-14-7-6-12(10-15(14)18)11-21-9-8-16(20)19-13-4-2-1-3-5-13/h1-7,10H,8-9,11H2,(H,19,20). The quantitative estimate of drug-likeness (QED) is 0.809. The number of amides is 1. The molecule has 21 heavy (non-hydrogen) atoms. The van der Waals surface area contributed by atoms with Gasteiger partial charge in [-0.1, -0.05) is 24.3 Å². The Balaban J connectivity index is 1.69. The van der Waals surface area contributed by atoms with Gasteiger partial charge in [-0.05, 0) is 29.8 Å². The van der Waals surface area contributed by atoms with Crippen LogP contribution in [0.3, 0.4) is 0 Å². The Bertz CT molecular complexity index is 604. The number of rotatable bonds is 6. The first-order valence-corrected chi connectivity index (χ1v) is 7.67. The molecule has 0 saturated heterocycles. The van der Waals surface area contributed by atoms with Crippen molar-refractivity contribution in [2.45, 2.75) is 12.2 Å². The lowest BCUT2D eigenvalue weighted by molar-refractivity contribution is -0.115. The van der Waals surface area contributed by atoms with Gasteiger partial charge in [-0.25, -0.2) is 8.78 Å². The fraction of sp³-hybridized carbons (Fsp3) is 0.188. The van der Waals surface area contributed by atoms with Crippen molar-refractivity contribution in [2.24, 2.45) is 0 Å². The molecule has 0 fully saturated rings. The summed E-state index contributed by atoms with van der Waals surface area (Å²) >= 11 is 1.51. The topological polar surface area (TPSA) is 29.1 Å². The highest BCUT2D eigenvalue weighted by molar-refractivity contribution is 7.98. The molecule has 0 aliphatic heterocycles. The molecule has 0 radical (unpaired) electrons. The van der Waals surface area contributed by atoms with Gasteiger partial charge in [0.1, 0.15) is 0 Å². The van der Waals surface area contributed by atoms with Gasteiger partial charge in [0.05, 0.1) is 0 Å². The summed E-state index contributed by atoms with van der Waals surface area (Å²) in [5.41, 5.74) is 1.48. The van der Waals surface area contributed by atoms with E-state index in [1.807, 2.05) is 30.3 Å². The monoisotopic (exact) mass is 307 g/mol. The third-order valence-corrected chi connectivity index (χ3v) is 3.81. The molecule has 0 heterocycles. The van der Waals surface area contributed by atoms with Gasteiger partial charge < -0.3 is 5.32 Å². The van der Waals surface area contributed by atoms with Crippen LogP contribution in [-0.4, -0.2) is 11.7 Å². The highest BCUT2D eigenvalue weighted by Crippen LogP contribution is 2.16. The summed E-state index contributed by atoms with van der Waals surface area (Å²) in [6.45, 7) is 0. The minimum Gasteiger partial charge on any atom is -0.326 e. The van der Waals surface area contributed by atoms with Crippen LogP contribution < -0.4 is 5.32 Å². The summed E-state index contributed by atoms with van der Waals surface area (Å²) < 4.78 is 25.8. The molecule has 5 heteroatoms. The zero-order chi connectivity index (χ0) is 15.1. The maximum Gasteiger partial charge on any atom is 0.225 e. The number of nitrogens with one attached hydrogen (secondary N) is 1. The highest BCUT2D eigenvalue weighted by atomic mass is 32.2. The molecule has 0 aliphatic carbocycles. The second-order valence-corrected chi connectivity index (χ2v) is 5.57. The van der Waals surface area contributed by atoms with Crippen molar-refractivity contribution < 1.29 is 13.6 Å². The summed E-state index contributed by atoms with van der Waals surface area (Å²) in [5.74, 6) is -0.562. The lowest BCUT2D eigenvalue weighted by Gasteiger charge is -2.05. The zero-order valence-electron chi connectivity index (χ0n) is 11.3. The molecule has 1 N–H and O–H groups in total. The first-order chi connectivity index (χ1) is 10.1. The predicted octanol–water partition coefficient (Wildman–Crippen LogP) is 4.23. The number of carbonyl (C=O) groups is 1. The van der Waals surface area contributed by atoms with E-state index in [1.54, 1.807) is 6.07 Å². The van der Waals surface area contributed by atoms with Gasteiger partial charge in [-0.15, -0.1) is 0 Å². The normalized spacial score (nSPS) is 10.4. The Morgan fingerprint density at radius 1 is 1.05 bits per heavy atom. The van der Waals surface area contributed by atoms with Crippen molar-refractivity contribution in [3.8, 4) is 0 Å². The first-order valence-electron chi connectivity index (χ1n) is 6.52. The number of carbonyl (C=O) groups excluding carboxylic acids is 1. The number of anilines is 1. The number of hydrogen-bond donors (Lipinski definition) is 1. The van der Waals surface area contributed by atoms with E-state index in [4.69, 9.17) is 0 Å². The van der Waals surface area contributed by atoms with Gasteiger partial charge in [0.2, 0.25) is 5.91 Å². The van der Waals surface area contributed by atoms with Gasteiger partial charge in [-0.3, -0.25) is 4.79 Å². The van der Waals surface area contributed by atoms with E-state index in [0.29, 0.717) is 23.5 Å². The van der Waals surface area contributed by atoms with Crippen molar-refractivity contribution in [1.29, 1.82) is 0 Å². The summed E-state index contributed by atoms with van der Waals surface area (Å²) in [6, 6.07) is 13.1. The maximum atomic E-state index is 13.0. The van der Waals surface area contributed by atoms with E-state index in [0.717, 1.165) is 11.8 Å². The second-order valence-electron chi connectivity index (χ2n) is 4.47. The minimum absolute atomic E-state index is 0.0565. The molecule has 0 spiro atoms. The Hall–Kier alpha value is -1.88. The first kappa shape index (κ1) is 15.5. The van der Waals surface area contributed by atoms with Crippen molar-refractivity contribution in [2.75, 3.05) is 11.1 Å². The molecule has 2 aromatic carbocycles. The van der Waals surface area contributed by atoms with Crippen LogP contribution in [0.1, 0.15) is 12.0 Å². The van der Waals surface area contributed by atoms with E-state index < -0.39 is 11.6 Å². The SMILES string of the molecule is O=C(CCSCc1ccc(F)c(F)c1)Nc1ccccc1. The molecule has 0 unspecified atom stereocenters. The van der Waals surface area contributed by atoms with Crippen LogP contribution in [0.15, 0.2) is 48.5 Å². The van der Waals surface area contributed by atoms with E-state index in [9.17, 15) is 13.6 Å². The van der Waals surface area contributed by atoms with E-state index in [1.165, 1.54) is 17.8 Å². The molecule has 2 rings (SSSR count). The molecule has 0 aromatic heterocycles. The van der Waals surface area contributed by atoms with Crippen molar-refractivity contribution >= 4 is 23.4 Å². The molecule has 2 nitrogen and oxygen atoms in total. The lowest BCUT2D eigenvalue weighted by atomic mass is 10.2. The van der Waals surface area contributed by atoms with Gasteiger partial charge in [0.15, 0.2) is 11.6 Å². The number of para-hydroxylation sites is 1. The minimum atomic E-state index is -0.842. The molecular formula is C16H15F2NOS.